The Kier molecular flexibility index (Phi) is 4.54. The van der Waals surface area contributed by atoms with Crippen LogP contribution in [-0.2, 0) is 0 Å². The lowest BCUT2D eigenvalue weighted by atomic mass is 10.2. The van der Waals surface area contributed by atoms with Crippen LogP contribution in [0.15, 0.2) is 46.9 Å². The fourth-order valence-corrected chi connectivity index (χ4v) is 2.09. The number of nitrogens with zero attached hydrogens (tertiary/aromatic N) is 1. The number of anilines is 1. The Morgan fingerprint density at radius 1 is 1.29 bits per heavy atom. The van der Waals surface area contributed by atoms with Crippen LogP contribution in [0.3, 0.4) is 0 Å². The lowest BCUT2D eigenvalue weighted by Crippen LogP contribution is -2.12. The molecule has 0 saturated heterocycles. The first-order chi connectivity index (χ1) is 10.0. The molecule has 21 heavy (non-hydrogen) atoms. The van der Waals surface area contributed by atoms with Crippen LogP contribution in [-0.4, -0.2) is 17.9 Å². The molecule has 6 nitrogen and oxygen atoms in total. The van der Waals surface area contributed by atoms with Crippen LogP contribution in [0.2, 0.25) is 0 Å². The van der Waals surface area contributed by atoms with Gasteiger partial charge in [-0.2, -0.15) is 0 Å². The fraction of sp³-hybridized carbons (Fsp3) is 0.0714. The number of hydrogen-bond acceptors (Lipinski definition) is 4. The molecule has 2 aromatic rings. The number of nitro groups is 1. The van der Waals surface area contributed by atoms with Crippen molar-refractivity contribution in [1.82, 2.24) is 0 Å². The van der Waals surface area contributed by atoms with E-state index in [2.05, 4.69) is 21.2 Å². The van der Waals surface area contributed by atoms with Crippen LogP contribution in [0, 0.1) is 10.1 Å². The van der Waals surface area contributed by atoms with Crippen LogP contribution in [0.25, 0.3) is 0 Å². The first-order valence-corrected chi connectivity index (χ1v) is 6.70. The van der Waals surface area contributed by atoms with Crippen molar-refractivity contribution in [1.29, 1.82) is 0 Å². The molecule has 0 radical (unpaired) electrons. The van der Waals surface area contributed by atoms with Gasteiger partial charge in [-0.25, -0.2) is 0 Å². The number of methoxy groups -OCH3 is 1. The molecule has 1 N–H and O–H groups in total. The predicted molar refractivity (Wildman–Crippen MR) is 81.7 cm³/mol. The molecule has 2 rings (SSSR count). The number of nitrogens with one attached hydrogen (secondary N) is 1. The van der Waals surface area contributed by atoms with E-state index in [4.69, 9.17) is 4.74 Å². The summed E-state index contributed by atoms with van der Waals surface area (Å²) in [5.74, 6) is 0.174. The van der Waals surface area contributed by atoms with Gasteiger partial charge in [0.15, 0.2) is 0 Å². The molecule has 0 fully saturated rings. The lowest BCUT2D eigenvalue weighted by molar-refractivity contribution is -0.385. The van der Waals surface area contributed by atoms with E-state index in [1.165, 1.54) is 25.3 Å². The van der Waals surface area contributed by atoms with Crippen LogP contribution < -0.4 is 10.1 Å². The van der Waals surface area contributed by atoms with Crippen molar-refractivity contribution >= 4 is 33.2 Å². The maximum absolute atomic E-state index is 12.1. The third-order valence-electron chi connectivity index (χ3n) is 2.73. The van der Waals surface area contributed by atoms with E-state index >= 15 is 0 Å². The third kappa shape index (κ3) is 3.57. The zero-order chi connectivity index (χ0) is 15.4. The molecule has 0 spiro atoms. The highest BCUT2D eigenvalue weighted by Gasteiger charge is 2.16. The van der Waals surface area contributed by atoms with E-state index in [1.54, 1.807) is 24.3 Å². The number of hydrogen-bond donors (Lipinski definition) is 1. The zero-order valence-corrected chi connectivity index (χ0v) is 12.6. The number of amides is 1. The van der Waals surface area contributed by atoms with Gasteiger partial charge in [0.2, 0.25) is 0 Å². The summed E-state index contributed by atoms with van der Waals surface area (Å²) >= 11 is 3.08. The lowest BCUT2D eigenvalue weighted by Gasteiger charge is -2.07. The molecule has 0 aromatic heterocycles. The second-order valence-electron chi connectivity index (χ2n) is 4.11. The van der Waals surface area contributed by atoms with Crippen molar-refractivity contribution < 1.29 is 14.5 Å². The smallest absolute Gasteiger partial charge is 0.284 e. The standard InChI is InChI=1S/C14H11BrN2O4/c1-21-11-4-2-3-10(8-11)16-14(18)9-5-6-12(15)13(7-9)17(19)20/h2-8H,1H3,(H,16,18). The van der Waals surface area contributed by atoms with E-state index in [1.807, 2.05) is 0 Å². The molecular formula is C14H11BrN2O4. The Hall–Kier alpha value is -2.41. The van der Waals surface area contributed by atoms with Crippen LogP contribution in [0.1, 0.15) is 10.4 Å². The molecule has 0 aliphatic heterocycles. The first-order valence-electron chi connectivity index (χ1n) is 5.90. The molecular weight excluding hydrogens is 340 g/mol. The van der Waals surface area contributed by atoms with Crippen LogP contribution in [0.4, 0.5) is 11.4 Å². The summed E-state index contributed by atoms with van der Waals surface area (Å²) in [5, 5.41) is 13.5. The maximum Gasteiger partial charge on any atom is 0.284 e. The highest BCUT2D eigenvalue weighted by molar-refractivity contribution is 9.10. The van der Waals surface area contributed by atoms with Gasteiger partial charge in [0.25, 0.3) is 11.6 Å². The van der Waals surface area contributed by atoms with Gasteiger partial charge in [0, 0.05) is 23.4 Å². The van der Waals surface area contributed by atoms with Gasteiger partial charge in [-0.1, -0.05) is 6.07 Å². The molecule has 1 amide bonds. The van der Waals surface area contributed by atoms with Crippen molar-refractivity contribution in [3.8, 4) is 5.75 Å². The highest BCUT2D eigenvalue weighted by atomic mass is 79.9. The SMILES string of the molecule is COc1cccc(NC(=O)c2ccc(Br)c([N+](=O)[O-])c2)c1. The largest absolute Gasteiger partial charge is 0.497 e. The second kappa shape index (κ2) is 6.36. The molecule has 0 aliphatic rings. The molecule has 0 aliphatic carbocycles. The van der Waals surface area contributed by atoms with Gasteiger partial charge >= 0.3 is 0 Å². The summed E-state index contributed by atoms with van der Waals surface area (Å²) in [7, 11) is 1.53. The molecule has 0 atom stereocenters. The summed E-state index contributed by atoms with van der Waals surface area (Å²) in [6.07, 6.45) is 0. The monoisotopic (exact) mass is 350 g/mol. The highest BCUT2D eigenvalue weighted by Crippen LogP contribution is 2.26. The first kappa shape index (κ1) is 15.0. The molecule has 0 bridgehead atoms. The minimum absolute atomic E-state index is 0.159. The number of carbonyl (C=O) groups excluding carboxylic acids is 1. The minimum atomic E-state index is -0.549. The zero-order valence-electron chi connectivity index (χ0n) is 11.0. The van der Waals surface area contributed by atoms with Gasteiger partial charge in [0.1, 0.15) is 5.75 Å². The minimum Gasteiger partial charge on any atom is -0.497 e. The maximum atomic E-state index is 12.1. The Morgan fingerprint density at radius 2 is 2.05 bits per heavy atom. The van der Waals surface area contributed by atoms with Crippen LogP contribution in [0.5, 0.6) is 5.75 Å². The van der Waals surface area contributed by atoms with E-state index in [9.17, 15) is 14.9 Å². The van der Waals surface area contributed by atoms with Gasteiger partial charge < -0.3 is 10.1 Å². The summed E-state index contributed by atoms with van der Waals surface area (Å²) < 4.78 is 5.39. The van der Waals surface area contributed by atoms with Crippen molar-refractivity contribution in [2.45, 2.75) is 0 Å². The summed E-state index contributed by atoms with van der Waals surface area (Å²) in [6.45, 7) is 0. The predicted octanol–water partition coefficient (Wildman–Crippen LogP) is 3.62. The number of halogens is 1. The average molecular weight is 351 g/mol. The van der Waals surface area contributed by atoms with E-state index in [0.717, 1.165) is 0 Å². The molecule has 0 unspecified atom stereocenters. The summed E-state index contributed by atoms with van der Waals surface area (Å²) in [4.78, 5) is 22.4. The second-order valence-corrected chi connectivity index (χ2v) is 4.96. The van der Waals surface area contributed by atoms with Crippen molar-refractivity contribution in [2.24, 2.45) is 0 Å². The molecule has 108 valence electrons. The van der Waals surface area contributed by atoms with Gasteiger partial charge in [-0.05, 0) is 40.2 Å². The van der Waals surface area contributed by atoms with E-state index in [0.29, 0.717) is 15.9 Å². The summed E-state index contributed by atoms with van der Waals surface area (Å²) in [5.41, 5.74) is 0.589. The Labute approximate surface area is 129 Å². The molecule has 2 aromatic carbocycles. The molecule has 0 saturated carbocycles. The van der Waals surface area contributed by atoms with E-state index < -0.39 is 10.8 Å². The molecule has 0 heterocycles. The number of ether oxygens (including phenoxy) is 1. The summed E-state index contributed by atoms with van der Waals surface area (Å²) in [6, 6.07) is 11.0. The Balaban J connectivity index is 2.24. The number of nitro benzene ring substituents is 1. The van der Waals surface area contributed by atoms with Crippen molar-refractivity contribution in [2.75, 3.05) is 12.4 Å². The number of rotatable bonds is 4. The number of carbonyl (C=O) groups is 1. The Bertz CT molecular complexity index is 703. The number of benzene rings is 2. The van der Waals surface area contributed by atoms with E-state index in [-0.39, 0.29) is 11.3 Å². The van der Waals surface area contributed by atoms with Gasteiger partial charge in [-0.15, -0.1) is 0 Å². The van der Waals surface area contributed by atoms with Crippen LogP contribution >= 0.6 is 15.9 Å². The topological polar surface area (TPSA) is 81.5 Å². The molecule has 7 heteroatoms. The normalized spacial score (nSPS) is 10.0. The van der Waals surface area contributed by atoms with Gasteiger partial charge in [-0.3, -0.25) is 14.9 Å². The fourth-order valence-electron chi connectivity index (χ4n) is 1.70. The van der Waals surface area contributed by atoms with Crippen molar-refractivity contribution in [3.05, 3.63) is 62.6 Å². The Morgan fingerprint density at radius 3 is 2.71 bits per heavy atom. The van der Waals surface area contributed by atoms with Gasteiger partial charge in [0.05, 0.1) is 16.5 Å². The third-order valence-corrected chi connectivity index (χ3v) is 3.40. The average Bonchev–Trinajstić information content (AvgIpc) is 2.47. The van der Waals surface area contributed by atoms with Crippen molar-refractivity contribution in [3.63, 3.8) is 0 Å². The quantitative estimate of drug-likeness (QED) is 0.674.